The molecule has 1 fully saturated rings. The Kier molecular flexibility index (Phi) is 6.20. The van der Waals surface area contributed by atoms with Gasteiger partial charge in [0.05, 0.1) is 24.8 Å². The van der Waals surface area contributed by atoms with Gasteiger partial charge in [-0.15, -0.1) is 0 Å². The topological polar surface area (TPSA) is 53.1 Å². The van der Waals surface area contributed by atoms with E-state index in [4.69, 9.17) is 4.74 Å². The molecule has 2 heterocycles. The summed E-state index contributed by atoms with van der Waals surface area (Å²) in [5.41, 5.74) is 4.10. The van der Waals surface area contributed by atoms with E-state index in [1.807, 2.05) is 39.8 Å². The first-order valence-electron chi connectivity index (χ1n) is 10.0. The van der Waals surface area contributed by atoms with Gasteiger partial charge in [0.1, 0.15) is 5.70 Å². The van der Waals surface area contributed by atoms with Crippen molar-refractivity contribution in [2.45, 2.75) is 33.8 Å². The fraction of sp³-hybridized carbons (Fsp3) is 0.545. The standard InChI is InChI=1S/C22H31N3O3/c1-15(2)28-13-12-25-21(26)19(18-7-6-16(3)14-17(18)4)20(22(25)27)24-10-8-23(5)9-11-24/h6-7,14-15H,8-13H2,1-5H3. The molecule has 3 rings (SSSR count). The van der Waals surface area contributed by atoms with Crippen LogP contribution in [0, 0.1) is 13.8 Å². The van der Waals surface area contributed by atoms with Gasteiger partial charge in [0.25, 0.3) is 11.8 Å². The van der Waals surface area contributed by atoms with Gasteiger partial charge >= 0.3 is 0 Å². The number of imide groups is 1. The van der Waals surface area contributed by atoms with Crippen molar-refractivity contribution in [1.82, 2.24) is 14.7 Å². The molecule has 2 aliphatic rings. The highest BCUT2D eigenvalue weighted by Crippen LogP contribution is 2.33. The summed E-state index contributed by atoms with van der Waals surface area (Å²) in [6.45, 7) is 11.8. The van der Waals surface area contributed by atoms with E-state index in [1.54, 1.807) is 0 Å². The van der Waals surface area contributed by atoms with Crippen LogP contribution in [0.25, 0.3) is 5.57 Å². The van der Waals surface area contributed by atoms with Crippen LogP contribution in [0.5, 0.6) is 0 Å². The molecule has 152 valence electrons. The van der Waals surface area contributed by atoms with Gasteiger partial charge in [0.15, 0.2) is 0 Å². The van der Waals surface area contributed by atoms with Crippen LogP contribution in [0.4, 0.5) is 0 Å². The lowest BCUT2D eigenvalue weighted by Crippen LogP contribution is -2.46. The number of ether oxygens (including phenoxy) is 1. The molecule has 6 nitrogen and oxygen atoms in total. The molecule has 0 radical (unpaired) electrons. The summed E-state index contributed by atoms with van der Waals surface area (Å²) in [6, 6.07) is 6.03. The van der Waals surface area contributed by atoms with Gasteiger partial charge in [-0.1, -0.05) is 23.8 Å². The number of aryl methyl sites for hydroxylation is 2. The predicted octanol–water partition coefficient (Wildman–Crippen LogP) is 2.06. The third-order valence-electron chi connectivity index (χ3n) is 5.38. The Morgan fingerprint density at radius 3 is 2.32 bits per heavy atom. The first kappa shape index (κ1) is 20.6. The zero-order valence-electron chi connectivity index (χ0n) is 17.6. The minimum atomic E-state index is -0.210. The number of hydrogen-bond acceptors (Lipinski definition) is 5. The van der Waals surface area contributed by atoms with Gasteiger partial charge < -0.3 is 14.5 Å². The van der Waals surface area contributed by atoms with Crippen molar-refractivity contribution in [3.63, 3.8) is 0 Å². The molecule has 0 N–H and O–H groups in total. The van der Waals surface area contributed by atoms with Crippen LogP contribution in [0.1, 0.15) is 30.5 Å². The van der Waals surface area contributed by atoms with Gasteiger partial charge in [-0.25, -0.2) is 0 Å². The van der Waals surface area contributed by atoms with Crippen molar-refractivity contribution in [3.8, 4) is 0 Å². The first-order chi connectivity index (χ1) is 13.3. The fourth-order valence-corrected chi connectivity index (χ4v) is 3.81. The molecule has 1 aromatic rings. The highest BCUT2D eigenvalue weighted by atomic mass is 16.5. The minimum absolute atomic E-state index is 0.0664. The number of rotatable bonds is 6. The zero-order chi connectivity index (χ0) is 20.4. The second kappa shape index (κ2) is 8.45. The smallest absolute Gasteiger partial charge is 0.277 e. The average molecular weight is 386 g/mol. The summed E-state index contributed by atoms with van der Waals surface area (Å²) in [5.74, 6) is -0.407. The van der Waals surface area contributed by atoms with Crippen molar-refractivity contribution >= 4 is 17.4 Å². The second-order valence-corrected chi connectivity index (χ2v) is 8.01. The van der Waals surface area contributed by atoms with E-state index in [0.717, 1.165) is 42.9 Å². The molecule has 28 heavy (non-hydrogen) atoms. The lowest BCUT2D eigenvalue weighted by atomic mass is 9.97. The van der Waals surface area contributed by atoms with Crippen LogP contribution in [0.3, 0.4) is 0 Å². The highest BCUT2D eigenvalue weighted by Gasteiger charge is 2.42. The second-order valence-electron chi connectivity index (χ2n) is 8.01. The largest absolute Gasteiger partial charge is 0.377 e. The maximum absolute atomic E-state index is 13.3. The van der Waals surface area contributed by atoms with Crippen LogP contribution in [-0.4, -0.2) is 79.0 Å². The van der Waals surface area contributed by atoms with Crippen molar-refractivity contribution in [3.05, 3.63) is 40.6 Å². The number of likely N-dealkylation sites (N-methyl/N-ethyl adjacent to an activating group) is 1. The number of nitrogens with zero attached hydrogens (tertiary/aromatic N) is 3. The summed E-state index contributed by atoms with van der Waals surface area (Å²) in [6.07, 6.45) is 0.0664. The Morgan fingerprint density at radius 1 is 1.04 bits per heavy atom. The number of hydrogen-bond donors (Lipinski definition) is 0. The lowest BCUT2D eigenvalue weighted by molar-refractivity contribution is -0.138. The molecule has 0 aromatic heterocycles. The number of benzene rings is 1. The van der Waals surface area contributed by atoms with Gasteiger partial charge in [-0.05, 0) is 45.9 Å². The fourth-order valence-electron chi connectivity index (χ4n) is 3.81. The summed E-state index contributed by atoms with van der Waals surface area (Å²) >= 11 is 0. The Morgan fingerprint density at radius 2 is 1.71 bits per heavy atom. The third kappa shape index (κ3) is 4.13. The molecule has 0 saturated carbocycles. The van der Waals surface area contributed by atoms with Crippen LogP contribution in [0.2, 0.25) is 0 Å². The van der Waals surface area contributed by atoms with E-state index in [1.165, 1.54) is 4.90 Å². The number of amides is 2. The molecule has 0 atom stereocenters. The molecule has 0 unspecified atom stereocenters. The Hall–Kier alpha value is -2.18. The predicted molar refractivity (Wildman–Crippen MR) is 110 cm³/mol. The van der Waals surface area contributed by atoms with E-state index < -0.39 is 0 Å². The van der Waals surface area contributed by atoms with E-state index >= 15 is 0 Å². The molecule has 0 bridgehead atoms. The van der Waals surface area contributed by atoms with Gasteiger partial charge in [0.2, 0.25) is 0 Å². The van der Waals surface area contributed by atoms with Crippen molar-refractivity contribution in [1.29, 1.82) is 0 Å². The quantitative estimate of drug-likeness (QED) is 0.702. The van der Waals surface area contributed by atoms with E-state index in [0.29, 0.717) is 17.9 Å². The van der Waals surface area contributed by atoms with Crippen LogP contribution in [-0.2, 0) is 14.3 Å². The Labute approximate surface area is 167 Å². The SMILES string of the molecule is Cc1ccc(C2=C(N3CCN(C)CC3)C(=O)N(CCOC(C)C)C2=O)c(C)c1. The molecule has 1 aromatic carbocycles. The zero-order valence-corrected chi connectivity index (χ0v) is 17.6. The molecular formula is C22H31N3O3. The van der Waals surface area contributed by atoms with Crippen molar-refractivity contribution in [2.24, 2.45) is 0 Å². The summed E-state index contributed by atoms with van der Waals surface area (Å²) in [5, 5.41) is 0. The molecule has 1 saturated heterocycles. The van der Waals surface area contributed by atoms with Crippen LogP contribution < -0.4 is 0 Å². The van der Waals surface area contributed by atoms with Gasteiger partial charge in [-0.3, -0.25) is 14.5 Å². The third-order valence-corrected chi connectivity index (χ3v) is 5.38. The van der Waals surface area contributed by atoms with Crippen molar-refractivity contribution < 1.29 is 14.3 Å². The molecule has 0 aliphatic carbocycles. The average Bonchev–Trinajstić information content (AvgIpc) is 2.87. The van der Waals surface area contributed by atoms with Gasteiger partial charge in [-0.2, -0.15) is 0 Å². The monoisotopic (exact) mass is 385 g/mol. The summed E-state index contributed by atoms with van der Waals surface area (Å²) in [4.78, 5) is 32.2. The molecular weight excluding hydrogens is 354 g/mol. The normalized spacial score (nSPS) is 18.8. The molecule has 2 aliphatic heterocycles. The minimum Gasteiger partial charge on any atom is -0.377 e. The maximum atomic E-state index is 13.3. The van der Waals surface area contributed by atoms with E-state index in [9.17, 15) is 9.59 Å². The Balaban J connectivity index is 1.97. The van der Waals surface area contributed by atoms with E-state index in [2.05, 4.69) is 22.9 Å². The number of piperazine rings is 1. The lowest BCUT2D eigenvalue weighted by Gasteiger charge is -2.34. The number of carbonyl (C=O) groups is 2. The number of carbonyl (C=O) groups excluding carboxylic acids is 2. The van der Waals surface area contributed by atoms with Crippen LogP contribution in [0.15, 0.2) is 23.9 Å². The molecule has 0 spiro atoms. The highest BCUT2D eigenvalue weighted by molar-refractivity contribution is 6.35. The van der Waals surface area contributed by atoms with Crippen LogP contribution >= 0.6 is 0 Å². The maximum Gasteiger partial charge on any atom is 0.277 e. The van der Waals surface area contributed by atoms with Gasteiger partial charge in [0, 0.05) is 26.2 Å². The first-order valence-corrected chi connectivity index (χ1v) is 10.0. The van der Waals surface area contributed by atoms with E-state index in [-0.39, 0.29) is 24.5 Å². The summed E-state index contributed by atoms with van der Waals surface area (Å²) < 4.78 is 5.59. The van der Waals surface area contributed by atoms with Crippen molar-refractivity contribution in [2.75, 3.05) is 46.4 Å². The molecule has 6 heteroatoms. The Bertz CT molecular complexity index is 792. The molecule has 2 amide bonds. The summed E-state index contributed by atoms with van der Waals surface area (Å²) in [7, 11) is 2.08.